The molecule has 0 N–H and O–H groups in total. The van der Waals surface area contributed by atoms with Crippen LogP contribution in [0.4, 0.5) is 0 Å². The highest BCUT2D eigenvalue weighted by molar-refractivity contribution is 5.77. The molecule has 170 valence electrons. The highest BCUT2D eigenvalue weighted by Gasteiger charge is 2.16. The lowest BCUT2D eigenvalue weighted by molar-refractivity contribution is -0.146. The fraction of sp³-hybridized carbons (Fsp3) is 0.577. The van der Waals surface area contributed by atoms with Crippen LogP contribution in [-0.4, -0.2) is 28.6 Å². The van der Waals surface area contributed by atoms with E-state index in [2.05, 4.69) is 23.8 Å². The van der Waals surface area contributed by atoms with E-state index in [1.54, 1.807) is 19.1 Å². The molecule has 0 aliphatic rings. The number of nitrogens with zero attached hydrogens (tertiary/aromatic N) is 2. The van der Waals surface area contributed by atoms with Gasteiger partial charge in [-0.2, -0.15) is 0 Å². The van der Waals surface area contributed by atoms with E-state index in [0.29, 0.717) is 18.2 Å². The Morgan fingerprint density at radius 3 is 2.16 bits per heavy atom. The monoisotopic (exact) mass is 426 g/mol. The largest absolute Gasteiger partial charge is 0.425 e. The Morgan fingerprint density at radius 2 is 1.48 bits per heavy atom. The van der Waals surface area contributed by atoms with Gasteiger partial charge in [-0.25, -0.2) is 14.8 Å². The fourth-order valence-electron chi connectivity index (χ4n) is 3.29. The molecule has 0 spiro atoms. The summed E-state index contributed by atoms with van der Waals surface area (Å²) in [5, 5.41) is 0. The zero-order valence-corrected chi connectivity index (χ0v) is 19.4. The SMILES string of the molecule is CCCCCCCCc1cnc(-c2ccc(OC(=O)C(C)OCCCCC)cc2)nc1. The van der Waals surface area contributed by atoms with Crippen molar-refractivity contribution in [3.8, 4) is 17.1 Å². The topological polar surface area (TPSA) is 61.3 Å². The molecule has 2 aromatic rings. The van der Waals surface area contributed by atoms with Crippen LogP contribution in [0.3, 0.4) is 0 Å². The van der Waals surface area contributed by atoms with E-state index in [-0.39, 0.29) is 5.97 Å². The van der Waals surface area contributed by atoms with Crippen molar-refractivity contribution in [2.75, 3.05) is 6.61 Å². The van der Waals surface area contributed by atoms with Crippen molar-refractivity contribution in [2.45, 2.75) is 91.1 Å². The molecule has 0 aliphatic carbocycles. The molecule has 31 heavy (non-hydrogen) atoms. The number of rotatable bonds is 15. The maximum Gasteiger partial charge on any atom is 0.340 e. The second-order valence-corrected chi connectivity index (χ2v) is 8.10. The summed E-state index contributed by atoms with van der Waals surface area (Å²) in [5.74, 6) is 0.800. The summed E-state index contributed by atoms with van der Waals surface area (Å²) in [5.41, 5.74) is 2.08. The molecule has 0 saturated carbocycles. The fourth-order valence-corrected chi connectivity index (χ4v) is 3.29. The first-order valence-corrected chi connectivity index (χ1v) is 11.9. The quantitative estimate of drug-likeness (QED) is 0.184. The third-order valence-electron chi connectivity index (χ3n) is 5.30. The van der Waals surface area contributed by atoms with Crippen molar-refractivity contribution in [2.24, 2.45) is 0 Å². The standard InChI is InChI=1S/C26H38N2O3/c1-4-6-8-9-10-11-13-22-19-27-25(28-20-22)23-14-16-24(17-15-23)31-26(29)21(3)30-18-12-7-5-2/h14-17,19-21H,4-13,18H2,1-3H3. The summed E-state index contributed by atoms with van der Waals surface area (Å²) in [4.78, 5) is 21.2. The zero-order valence-electron chi connectivity index (χ0n) is 19.4. The van der Waals surface area contributed by atoms with Crippen LogP contribution < -0.4 is 4.74 Å². The van der Waals surface area contributed by atoms with E-state index < -0.39 is 6.10 Å². The molecule has 1 heterocycles. The average molecular weight is 427 g/mol. The molecule has 1 atom stereocenters. The number of carbonyl (C=O) groups is 1. The molecule has 1 aromatic carbocycles. The number of ether oxygens (including phenoxy) is 2. The van der Waals surface area contributed by atoms with Gasteiger partial charge in [0.15, 0.2) is 11.9 Å². The smallest absolute Gasteiger partial charge is 0.340 e. The summed E-state index contributed by atoms with van der Waals surface area (Å²) in [6.07, 6.45) is 15.2. The van der Waals surface area contributed by atoms with Crippen LogP contribution >= 0.6 is 0 Å². The first-order valence-electron chi connectivity index (χ1n) is 11.9. The van der Waals surface area contributed by atoms with Gasteiger partial charge in [0, 0.05) is 24.6 Å². The molecule has 0 saturated heterocycles. The molecule has 0 amide bonds. The summed E-state index contributed by atoms with van der Waals surface area (Å²) in [7, 11) is 0. The predicted octanol–water partition coefficient (Wildman–Crippen LogP) is 6.55. The van der Waals surface area contributed by atoms with E-state index in [0.717, 1.165) is 31.2 Å². The van der Waals surface area contributed by atoms with Gasteiger partial charge in [-0.1, -0.05) is 58.8 Å². The molecule has 0 radical (unpaired) electrons. The van der Waals surface area contributed by atoms with Gasteiger partial charge in [0.2, 0.25) is 0 Å². The number of esters is 1. The minimum atomic E-state index is -0.570. The first kappa shape index (κ1) is 25.0. The molecule has 1 unspecified atom stereocenters. The van der Waals surface area contributed by atoms with E-state index in [4.69, 9.17) is 9.47 Å². The van der Waals surface area contributed by atoms with Gasteiger partial charge in [-0.3, -0.25) is 0 Å². The Kier molecular flexibility index (Phi) is 11.8. The number of aromatic nitrogens is 2. The lowest BCUT2D eigenvalue weighted by Crippen LogP contribution is -2.26. The first-order chi connectivity index (χ1) is 15.1. The van der Waals surface area contributed by atoms with Crippen molar-refractivity contribution in [1.29, 1.82) is 0 Å². The number of unbranched alkanes of at least 4 members (excludes halogenated alkanes) is 7. The Balaban J connectivity index is 1.78. The normalized spacial score (nSPS) is 12.0. The van der Waals surface area contributed by atoms with Crippen LogP contribution in [0.25, 0.3) is 11.4 Å². The lowest BCUT2D eigenvalue weighted by Gasteiger charge is -2.12. The molecule has 0 bridgehead atoms. The minimum Gasteiger partial charge on any atom is -0.425 e. The van der Waals surface area contributed by atoms with Crippen molar-refractivity contribution in [1.82, 2.24) is 9.97 Å². The average Bonchev–Trinajstić information content (AvgIpc) is 2.80. The van der Waals surface area contributed by atoms with Crippen molar-refractivity contribution >= 4 is 5.97 Å². The molecule has 2 rings (SSSR count). The van der Waals surface area contributed by atoms with Gasteiger partial charge in [-0.05, 0) is 56.0 Å². The van der Waals surface area contributed by atoms with Crippen LogP contribution in [0.5, 0.6) is 5.75 Å². The predicted molar refractivity (Wildman–Crippen MR) is 125 cm³/mol. The van der Waals surface area contributed by atoms with Crippen LogP contribution in [-0.2, 0) is 16.0 Å². The summed E-state index contributed by atoms with van der Waals surface area (Å²) in [6, 6.07) is 7.28. The van der Waals surface area contributed by atoms with E-state index in [1.807, 2.05) is 24.5 Å². The Morgan fingerprint density at radius 1 is 0.871 bits per heavy atom. The van der Waals surface area contributed by atoms with Crippen LogP contribution in [0.2, 0.25) is 0 Å². The van der Waals surface area contributed by atoms with Gasteiger partial charge in [-0.15, -0.1) is 0 Å². The van der Waals surface area contributed by atoms with Gasteiger partial charge >= 0.3 is 5.97 Å². The second-order valence-electron chi connectivity index (χ2n) is 8.10. The number of hydrogen-bond donors (Lipinski definition) is 0. The third kappa shape index (κ3) is 9.60. The molecular formula is C26H38N2O3. The van der Waals surface area contributed by atoms with Crippen molar-refractivity contribution < 1.29 is 14.3 Å². The van der Waals surface area contributed by atoms with Crippen LogP contribution in [0.15, 0.2) is 36.7 Å². The third-order valence-corrected chi connectivity index (χ3v) is 5.30. The van der Waals surface area contributed by atoms with Crippen LogP contribution in [0, 0.1) is 0 Å². The Labute approximate surface area is 187 Å². The van der Waals surface area contributed by atoms with E-state index in [1.165, 1.54) is 44.1 Å². The summed E-state index contributed by atoms with van der Waals surface area (Å²) in [6.45, 7) is 6.68. The molecule has 0 aliphatic heterocycles. The maximum atomic E-state index is 12.2. The maximum absolute atomic E-state index is 12.2. The zero-order chi connectivity index (χ0) is 22.3. The van der Waals surface area contributed by atoms with Crippen molar-refractivity contribution in [3.63, 3.8) is 0 Å². The molecule has 5 heteroatoms. The van der Waals surface area contributed by atoms with Crippen LogP contribution in [0.1, 0.15) is 84.1 Å². The van der Waals surface area contributed by atoms with Gasteiger partial charge in [0.05, 0.1) is 0 Å². The molecule has 0 fully saturated rings. The number of benzene rings is 1. The van der Waals surface area contributed by atoms with Gasteiger partial charge < -0.3 is 9.47 Å². The summed E-state index contributed by atoms with van der Waals surface area (Å²) < 4.78 is 11.0. The number of carbonyl (C=O) groups excluding carboxylic acids is 1. The molecular weight excluding hydrogens is 388 g/mol. The lowest BCUT2D eigenvalue weighted by atomic mass is 10.1. The number of aryl methyl sites for hydroxylation is 1. The highest BCUT2D eigenvalue weighted by atomic mass is 16.6. The van der Waals surface area contributed by atoms with Crippen molar-refractivity contribution in [3.05, 3.63) is 42.2 Å². The van der Waals surface area contributed by atoms with E-state index >= 15 is 0 Å². The highest BCUT2D eigenvalue weighted by Crippen LogP contribution is 2.20. The second kappa shape index (κ2) is 14.7. The molecule has 5 nitrogen and oxygen atoms in total. The van der Waals surface area contributed by atoms with Gasteiger partial charge in [0.25, 0.3) is 0 Å². The summed E-state index contributed by atoms with van der Waals surface area (Å²) >= 11 is 0. The van der Waals surface area contributed by atoms with E-state index in [9.17, 15) is 4.79 Å². The molecule has 1 aromatic heterocycles. The Bertz CT molecular complexity index is 744. The number of hydrogen-bond acceptors (Lipinski definition) is 5. The van der Waals surface area contributed by atoms with Gasteiger partial charge in [0.1, 0.15) is 5.75 Å². The minimum absolute atomic E-state index is 0.375. The Hall–Kier alpha value is -2.27.